The van der Waals surface area contributed by atoms with E-state index < -0.39 is 5.97 Å². The van der Waals surface area contributed by atoms with E-state index in [1.165, 1.54) is 20.5 Å². The maximum absolute atomic E-state index is 12.1. The zero-order chi connectivity index (χ0) is 19.9. The summed E-state index contributed by atoms with van der Waals surface area (Å²) in [5.41, 5.74) is 3.17. The minimum Gasteiger partial charge on any atom is -0.503 e. The Hall–Kier alpha value is -3.31. The van der Waals surface area contributed by atoms with Crippen LogP contribution in [0, 0.1) is 0 Å². The lowest BCUT2D eigenvalue weighted by Crippen LogP contribution is -2.05. The minimum atomic E-state index is -0.494. The number of methoxy groups -OCH3 is 2. The molecule has 2 aromatic carbocycles. The molecule has 0 aliphatic carbocycles. The van der Waals surface area contributed by atoms with Gasteiger partial charge < -0.3 is 14.0 Å². The first-order chi connectivity index (χ1) is 13.7. The molecule has 0 radical (unpaired) electrons. The number of nitrogens with zero attached hydrogens (tertiary/aromatic N) is 1. The van der Waals surface area contributed by atoms with Gasteiger partial charge in [-0.15, -0.1) is 0 Å². The van der Waals surface area contributed by atoms with E-state index in [1.54, 1.807) is 18.2 Å². The summed E-state index contributed by atoms with van der Waals surface area (Å²) in [6.07, 6.45) is 4.86. The summed E-state index contributed by atoms with van der Waals surface area (Å²) in [5, 5.41) is 4.48. The van der Waals surface area contributed by atoms with Crippen molar-refractivity contribution in [3.8, 4) is 11.3 Å². The molecule has 0 fully saturated rings. The highest BCUT2D eigenvalue weighted by atomic mass is 35.5. The third kappa shape index (κ3) is 4.15. The van der Waals surface area contributed by atoms with Crippen molar-refractivity contribution >= 4 is 35.3 Å². The van der Waals surface area contributed by atoms with Gasteiger partial charge in [-0.1, -0.05) is 77.4 Å². The molecule has 0 aliphatic heterocycles. The fourth-order valence-electron chi connectivity index (χ4n) is 2.67. The van der Waals surface area contributed by atoms with Crippen LogP contribution in [-0.2, 0) is 14.3 Å². The monoisotopic (exact) mass is 395 g/mol. The highest BCUT2D eigenvalue weighted by molar-refractivity contribution is 6.34. The number of aromatic nitrogens is 1. The van der Waals surface area contributed by atoms with Crippen molar-refractivity contribution < 1.29 is 18.8 Å². The molecule has 5 nitrogen and oxygen atoms in total. The van der Waals surface area contributed by atoms with Crippen molar-refractivity contribution in [2.75, 3.05) is 14.2 Å². The van der Waals surface area contributed by atoms with Gasteiger partial charge in [0.25, 0.3) is 0 Å². The van der Waals surface area contributed by atoms with Gasteiger partial charge in [0, 0.05) is 5.56 Å². The minimum absolute atomic E-state index is 0.305. The van der Waals surface area contributed by atoms with E-state index in [0.29, 0.717) is 27.6 Å². The second-order valence-corrected chi connectivity index (χ2v) is 6.13. The van der Waals surface area contributed by atoms with Gasteiger partial charge in [-0.2, -0.15) is 0 Å². The van der Waals surface area contributed by atoms with Crippen LogP contribution in [0.4, 0.5) is 0 Å². The first-order valence-corrected chi connectivity index (χ1v) is 8.83. The number of hydrogen-bond donors (Lipinski definition) is 0. The molecule has 6 heteroatoms. The zero-order valence-electron chi connectivity index (χ0n) is 15.4. The molecule has 0 unspecified atom stereocenters. The molecule has 0 spiro atoms. The molecule has 3 aromatic rings. The highest BCUT2D eigenvalue weighted by Crippen LogP contribution is 2.31. The van der Waals surface area contributed by atoms with Crippen LogP contribution >= 0.6 is 11.6 Å². The molecule has 0 amide bonds. The predicted molar refractivity (Wildman–Crippen MR) is 109 cm³/mol. The topological polar surface area (TPSA) is 61.6 Å². The predicted octanol–water partition coefficient (Wildman–Crippen LogP) is 5.33. The SMILES string of the molecule is COC=C(C(=O)OC)c1ccccc1C=Cc1onc(-c2ccccc2)c1Cl. The normalized spacial score (nSPS) is 11.6. The first kappa shape index (κ1) is 19.5. The summed E-state index contributed by atoms with van der Waals surface area (Å²) >= 11 is 6.44. The van der Waals surface area contributed by atoms with Crippen molar-refractivity contribution in [3.05, 3.63) is 82.8 Å². The summed E-state index contributed by atoms with van der Waals surface area (Å²) in [6.45, 7) is 0. The second-order valence-electron chi connectivity index (χ2n) is 5.75. The van der Waals surface area contributed by atoms with Crippen LogP contribution in [0.1, 0.15) is 16.9 Å². The smallest absolute Gasteiger partial charge is 0.341 e. The van der Waals surface area contributed by atoms with Crippen molar-refractivity contribution in [2.24, 2.45) is 0 Å². The van der Waals surface area contributed by atoms with Crippen LogP contribution in [0.25, 0.3) is 29.0 Å². The molecule has 0 N–H and O–H groups in total. The van der Waals surface area contributed by atoms with Crippen LogP contribution in [0.5, 0.6) is 0 Å². The molecule has 1 heterocycles. The van der Waals surface area contributed by atoms with Gasteiger partial charge in [-0.05, 0) is 17.2 Å². The van der Waals surface area contributed by atoms with Gasteiger partial charge in [-0.25, -0.2) is 4.79 Å². The Balaban J connectivity index is 1.95. The molecular formula is C22H18ClNO4. The Labute approximate surface area is 167 Å². The van der Waals surface area contributed by atoms with E-state index in [4.69, 9.17) is 25.6 Å². The summed E-state index contributed by atoms with van der Waals surface area (Å²) in [7, 11) is 2.80. The van der Waals surface area contributed by atoms with E-state index in [1.807, 2.05) is 48.5 Å². The number of esters is 1. The zero-order valence-corrected chi connectivity index (χ0v) is 16.1. The largest absolute Gasteiger partial charge is 0.503 e. The Bertz CT molecular complexity index is 1020. The van der Waals surface area contributed by atoms with E-state index in [2.05, 4.69) is 5.16 Å². The van der Waals surface area contributed by atoms with E-state index in [9.17, 15) is 4.79 Å². The molecule has 0 saturated carbocycles. The molecule has 28 heavy (non-hydrogen) atoms. The molecular weight excluding hydrogens is 378 g/mol. The Morgan fingerprint density at radius 2 is 1.75 bits per heavy atom. The first-order valence-electron chi connectivity index (χ1n) is 8.45. The molecule has 0 bridgehead atoms. The van der Waals surface area contributed by atoms with Crippen LogP contribution in [-0.4, -0.2) is 25.3 Å². The van der Waals surface area contributed by atoms with Crippen molar-refractivity contribution in [1.82, 2.24) is 5.16 Å². The fourth-order valence-corrected chi connectivity index (χ4v) is 2.91. The summed E-state index contributed by atoms with van der Waals surface area (Å²) < 4.78 is 15.3. The van der Waals surface area contributed by atoms with E-state index in [-0.39, 0.29) is 0 Å². The second kappa shape index (κ2) is 9.06. The molecule has 0 saturated heterocycles. The number of rotatable bonds is 6. The number of benzene rings is 2. The Kier molecular flexibility index (Phi) is 6.29. The van der Waals surface area contributed by atoms with Crippen LogP contribution in [0.15, 0.2) is 65.4 Å². The molecule has 0 aliphatic rings. The van der Waals surface area contributed by atoms with Crippen molar-refractivity contribution in [1.29, 1.82) is 0 Å². The summed E-state index contributed by atoms with van der Waals surface area (Å²) in [4.78, 5) is 12.1. The number of carbonyl (C=O) groups excluding carboxylic acids is 1. The highest BCUT2D eigenvalue weighted by Gasteiger charge is 2.17. The third-order valence-corrected chi connectivity index (χ3v) is 4.38. The van der Waals surface area contributed by atoms with Gasteiger partial charge in [0.05, 0.1) is 20.5 Å². The Morgan fingerprint density at radius 1 is 1.04 bits per heavy atom. The molecule has 3 rings (SSSR count). The molecule has 142 valence electrons. The lowest BCUT2D eigenvalue weighted by atomic mass is 10.00. The molecule has 1 aromatic heterocycles. The maximum atomic E-state index is 12.1. The van der Waals surface area contributed by atoms with Gasteiger partial charge in [0.1, 0.15) is 16.3 Å². The number of ether oxygens (including phenoxy) is 2. The van der Waals surface area contributed by atoms with Crippen molar-refractivity contribution in [3.63, 3.8) is 0 Å². The fraction of sp³-hybridized carbons (Fsp3) is 0.0909. The lowest BCUT2D eigenvalue weighted by molar-refractivity contribution is -0.133. The Morgan fingerprint density at radius 3 is 2.46 bits per heavy atom. The van der Waals surface area contributed by atoms with Crippen LogP contribution in [0.2, 0.25) is 5.02 Å². The average molecular weight is 396 g/mol. The number of carbonyl (C=O) groups is 1. The summed E-state index contributed by atoms with van der Waals surface area (Å²) in [6, 6.07) is 16.9. The quantitative estimate of drug-likeness (QED) is 0.321. The van der Waals surface area contributed by atoms with Crippen LogP contribution < -0.4 is 0 Å². The average Bonchev–Trinajstić information content (AvgIpc) is 3.11. The van der Waals surface area contributed by atoms with E-state index >= 15 is 0 Å². The van der Waals surface area contributed by atoms with Gasteiger partial charge >= 0.3 is 5.97 Å². The van der Waals surface area contributed by atoms with Gasteiger partial charge in [0.2, 0.25) is 0 Å². The van der Waals surface area contributed by atoms with Crippen LogP contribution in [0.3, 0.4) is 0 Å². The molecule has 0 atom stereocenters. The maximum Gasteiger partial charge on any atom is 0.341 e. The number of hydrogen-bond acceptors (Lipinski definition) is 5. The van der Waals surface area contributed by atoms with E-state index in [0.717, 1.165) is 11.1 Å². The number of halogens is 1. The standard InChI is InChI=1S/C22H18ClNO4/c1-26-14-18(22(25)27-2)17-11-7-6-8-15(17)12-13-19-20(23)21(24-28-19)16-9-4-3-5-10-16/h3-14H,1-2H3. The van der Waals surface area contributed by atoms with Gasteiger partial charge in [-0.3, -0.25) is 0 Å². The van der Waals surface area contributed by atoms with Gasteiger partial charge in [0.15, 0.2) is 5.76 Å². The summed E-state index contributed by atoms with van der Waals surface area (Å²) in [5.74, 6) is -0.0718. The lowest BCUT2D eigenvalue weighted by Gasteiger charge is -2.08. The van der Waals surface area contributed by atoms with Crippen molar-refractivity contribution in [2.45, 2.75) is 0 Å². The third-order valence-electron chi connectivity index (χ3n) is 4.01.